The predicted octanol–water partition coefficient (Wildman–Crippen LogP) is 8.60. The minimum atomic E-state index is 0. The average molecular weight is 593 g/mol. The van der Waals surface area contributed by atoms with Crippen LogP contribution in [0.15, 0.2) is 60.7 Å². The second-order valence-electron chi connectivity index (χ2n) is 9.98. The van der Waals surface area contributed by atoms with Crippen LogP contribution < -0.4 is 9.47 Å². The molecular weight excluding hydrogens is 532 g/mol. The van der Waals surface area contributed by atoms with Crippen molar-refractivity contribution in [3.05, 3.63) is 60.7 Å². The van der Waals surface area contributed by atoms with Gasteiger partial charge in [0, 0.05) is 0 Å². The molecule has 2 aromatic rings. The Hall–Kier alpha value is 2.04. The number of rotatable bonds is 22. The monoisotopic (exact) mass is 592 g/mol. The van der Waals surface area contributed by atoms with Crippen LogP contribution in [0.25, 0.3) is 0 Å². The van der Waals surface area contributed by atoms with Gasteiger partial charge in [-0.05, 0) is 37.1 Å². The molecule has 0 N–H and O–H groups in total. The number of hydrogen-bond donors (Lipinski definition) is 0. The van der Waals surface area contributed by atoms with E-state index in [2.05, 4.69) is 13.8 Å². The standard InChI is InChI=1S/C18H30O.C16H26O.4Na.4H/c1-2-3-4-5-6-7-8-9-10-14-17-19-18-15-12-11-13-16-18;1-2-3-4-5-6-7-8-12-15-17-16-13-10-9-11-14-16;;;;;;;;/h11-13,15-16H,2-10,14,17H2,1H3;9-11,13-14H,2-8,12,15H2,1H3;;;;;;;;. The molecule has 0 aliphatic heterocycles. The molecule has 0 spiro atoms. The van der Waals surface area contributed by atoms with Gasteiger partial charge in [0.25, 0.3) is 0 Å². The quantitative estimate of drug-likeness (QED) is 0.101. The summed E-state index contributed by atoms with van der Waals surface area (Å²) in [5.74, 6) is 1.99. The van der Waals surface area contributed by atoms with Crippen LogP contribution in [0.5, 0.6) is 11.5 Å². The Balaban J connectivity index is -0.000000296. The topological polar surface area (TPSA) is 18.5 Å². The molecule has 212 valence electrons. The van der Waals surface area contributed by atoms with E-state index in [4.69, 9.17) is 9.47 Å². The van der Waals surface area contributed by atoms with Gasteiger partial charge in [-0.25, -0.2) is 0 Å². The van der Waals surface area contributed by atoms with E-state index in [9.17, 15) is 0 Å². The zero-order valence-corrected chi connectivity index (χ0v) is 23.7. The molecular formula is C34H60Na4O2. The first-order valence-electron chi connectivity index (χ1n) is 15.2. The molecule has 0 atom stereocenters. The normalized spacial score (nSPS) is 9.45. The molecule has 2 nitrogen and oxygen atoms in total. The fraction of sp³-hybridized carbons (Fsp3) is 0.647. The number of hydrogen-bond acceptors (Lipinski definition) is 2. The third-order valence-corrected chi connectivity index (χ3v) is 6.52. The fourth-order valence-electron chi connectivity index (χ4n) is 4.24. The second-order valence-corrected chi connectivity index (χ2v) is 9.98. The van der Waals surface area contributed by atoms with E-state index in [1.807, 2.05) is 60.7 Å². The summed E-state index contributed by atoms with van der Waals surface area (Å²) in [6, 6.07) is 20.2. The molecule has 2 rings (SSSR count). The summed E-state index contributed by atoms with van der Waals surface area (Å²) in [5, 5.41) is 0. The maximum atomic E-state index is 5.68. The Labute approximate surface area is 337 Å². The van der Waals surface area contributed by atoms with Crippen LogP contribution in [0.2, 0.25) is 0 Å². The molecule has 0 unspecified atom stereocenters. The van der Waals surface area contributed by atoms with Gasteiger partial charge in [0.1, 0.15) is 11.5 Å². The summed E-state index contributed by atoms with van der Waals surface area (Å²) in [6.45, 7) is 6.26. The number of ether oxygens (including phenoxy) is 2. The summed E-state index contributed by atoms with van der Waals surface area (Å²) in [4.78, 5) is 0. The molecule has 40 heavy (non-hydrogen) atoms. The molecule has 0 aliphatic carbocycles. The Morgan fingerprint density at radius 3 is 0.875 bits per heavy atom. The van der Waals surface area contributed by atoms with Gasteiger partial charge in [-0.2, -0.15) is 0 Å². The molecule has 0 saturated carbocycles. The molecule has 0 aromatic heterocycles. The van der Waals surface area contributed by atoms with Gasteiger partial charge in [-0.15, -0.1) is 0 Å². The minimum absolute atomic E-state index is 0. The Morgan fingerprint density at radius 1 is 0.350 bits per heavy atom. The van der Waals surface area contributed by atoms with Crippen molar-refractivity contribution in [1.29, 1.82) is 0 Å². The zero-order chi connectivity index (χ0) is 25.8. The number of benzene rings is 2. The van der Waals surface area contributed by atoms with Gasteiger partial charge >= 0.3 is 118 Å². The van der Waals surface area contributed by atoms with Gasteiger partial charge in [-0.1, -0.05) is 153 Å². The Morgan fingerprint density at radius 2 is 0.600 bits per heavy atom. The third-order valence-electron chi connectivity index (χ3n) is 6.52. The first-order valence-corrected chi connectivity index (χ1v) is 15.2. The summed E-state index contributed by atoms with van der Waals surface area (Å²) in [7, 11) is 0. The van der Waals surface area contributed by atoms with Crippen LogP contribution >= 0.6 is 0 Å². The van der Waals surface area contributed by atoms with E-state index in [-0.39, 0.29) is 118 Å². The van der Waals surface area contributed by atoms with Gasteiger partial charge < -0.3 is 9.47 Å². The summed E-state index contributed by atoms with van der Waals surface area (Å²) in [5.41, 5.74) is 0. The molecule has 0 saturated heterocycles. The Kier molecular flexibility index (Phi) is 50.2. The zero-order valence-electron chi connectivity index (χ0n) is 23.7. The third kappa shape index (κ3) is 34.5. The average Bonchev–Trinajstić information content (AvgIpc) is 2.92. The Bertz CT molecular complexity index is 674. The number of para-hydroxylation sites is 2. The van der Waals surface area contributed by atoms with Crippen molar-refractivity contribution in [3.8, 4) is 11.5 Å². The van der Waals surface area contributed by atoms with Crippen molar-refractivity contribution in [2.75, 3.05) is 13.2 Å². The molecule has 2 aromatic carbocycles. The van der Waals surface area contributed by atoms with Gasteiger partial charge in [0.2, 0.25) is 0 Å². The van der Waals surface area contributed by atoms with E-state index in [1.165, 1.54) is 116 Å². The summed E-state index contributed by atoms with van der Waals surface area (Å²) < 4.78 is 11.3. The molecule has 0 heterocycles. The summed E-state index contributed by atoms with van der Waals surface area (Å²) >= 11 is 0. The maximum absolute atomic E-state index is 5.68. The van der Waals surface area contributed by atoms with Crippen molar-refractivity contribution < 1.29 is 9.47 Å². The van der Waals surface area contributed by atoms with Crippen molar-refractivity contribution in [3.63, 3.8) is 0 Å². The summed E-state index contributed by atoms with van der Waals surface area (Å²) in [6.07, 6.45) is 24.5. The second kappa shape index (κ2) is 41.0. The molecule has 0 bridgehead atoms. The molecule has 0 aliphatic rings. The predicted molar refractivity (Wildman–Crippen MR) is 187 cm³/mol. The molecule has 0 amide bonds. The van der Waals surface area contributed by atoms with E-state index in [1.54, 1.807) is 0 Å². The molecule has 6 heteroatoms. The van der Waals surface area contributed by atoms with E-state index in [0.29, 0.717) is 0 Å². The van der Waals surface area contributed by atoms with Crippen molar-refractivity contribution in [2.45, 2.75) is 129 Å². The SMILES string of the molecule is CCCCCCCCCCCCOc1ccccc1.CCCCCCCCCCOc1ccccc1.[NaH].[NaH].[NaH].[NaH]. The van der Waals surface area contributed by atoms with Crippen LogP contribution in [-0.4, -0.2) is 131 Å². The molecule has 0 radical (unpaired) electrons. The van der Waals surface area contributed by atoms with E-state index >= 15 is 0 Å². The van der Waals surface area contributed by atoms with Crippen LogP contribution in [0, 0.1) is 0 Å². The molecule has 0 fully saturated rings. The van der Waals surface area contributed by atoms with Crippen LogP contribution in [0.3, 0.4) is 0 Å². The number of unbranched alkanes of at least 4 members (excludes halogenated alkanes) is 16. The fourth-order valence-corrected chi connectivity index (χ4v) is 4.24. The van der Waals surface area contributed by atoms with Gasteiger partial charge in [0.05, 0.1) is 13.2 Å². The first kappa shape index (κ1) is 48.9. The first-order chi connectivity index (χ1) is 17.9. The van der Waals surface area contributed by atoms with Crippen molar-refractivity contribution in [2.24, 2.45) is 0 Å². The van der Waals surface area contributed by atoms with Crippen molar-refractivity contribution >= 4 is 118 Å². The van der Waals surface area contributed by atoms with Crippen LogP contribution in [0.1, 0.15) is 129 Å². The van der Waals surface area contributed by atoms with Gasteiger partial charge in [0.15, 0.2) is 0 Å². The van der Waals surface area contributed by atoms with Gasteiger partial charge in [-0.3, -0.25) is 0 Å². The van der Waals surface area contributed by atoms with E-state index < -0.39 is 0 Å². The van der Waals surface area contributed by atoms with Crippen molar-refractivity contribution in [1.82, 2.24) is 0 Å². The van der Waals surface area contributed by atoms with E-state index in [0.717, 1.165) is 24.7 Å². The van der Waals surface area contributed by atoms with Crippen LogP contribution in [0.4, 0.5) is 0 Å². The van der Waals surface area contributed by atoms with Crippen LogP contribution in [-0.2, 0) is 0 Å².